The molecule has 64 valence electrons. The van der Waals surface area contributed by atoms with E-state index in [0.29, 0.717) is 6.54 Å². The van der Waals surface area contributed by atoms with Crippen molar-refractivity contribution in [1.82, 2.24) is 0 Å². The Hall–Kier alpha value is -0.740. The van der Waals surface area contributed by atoms with Gasteiger partial charge >= 0.3 is 0 Å². The van der Waals surface area contributed by atoms with Crippen LogP contribution in [0.25, 0.3) is 0 Å². The predicted octanol–water partition coefficient (Wildman–Crippen LogP) is -0.492. The minimum atomic E-state index is -1.03. The maximum absolute atomic E-state index is 10.8. The van der Waals surface area contributed by atoms with E-state index in [1.807, 2.05) is 0 Å². The number of rotatable bonds is 5. The van der Waals surface area contributed by atoms with Gasteiger partial charge in [0.25, 0.3) is 0 Å². The third-order valence-electron chi connectivity index (χ3n) is 1.28. The lowest BCUT2D eigenvalue weighted by molar-refractivity contribution is -0.145. The van der Waals surface area contributed by atoms with Crippen LogP contribution in [-0.4, -0.2) is 30.8 Å². The molecule has 4 heteroatoms. The fourth-order valence-corrected chi connectivity index (χ4v) is 0.527. The summed E-state index contributed by atoms with van der Waals surface area (Å²) in [5, 5.41) is 0. The molecular weight excluding hydrogens is 146 g/mol. The maximum atomic E-state index is 10.8. The molecule has 0 radical (unpaired) electrons. The van der Waals surface area contributed by atoms with Crippen LogP contribution in [0.3, 0.4) is 0 Å². The van der Waals surface area contributed by atoms with Gasteiger partial charge in [-0.3, -0.25) is 9.59 Å². The predicted molar refractivity (Wildman–Crippen MR) is 40.2 cm³/mol. The lowest BCUT2D eigenvalue weighted by atomic mass is 10.1. The minimum Gasteiger partial charge on any atom is -0.366 e. The summed E-state index contributed by atoms with van der Waals surface area (Å²) in [6, 6.07) is 0. The van der Waals surface area contributed by atoms with Crippen LogP contribution in [0, 0.1) is 0 Å². The second kappa shape index (κ2) is 4.20. The molecule has 0 saturated heterocycles. The molecule has 0 saturated carbocycles. The van der Waals surface area contributed by atoms with Gasteiger partial charge in [0.15, 0.2) is 6.29 Å². The molecule has 0 aliphatic rings. The quantitative estimate of drug-likeness (QED) is 0.434. The number of hydrogen-bond acceptors (Lipinski definition) is 4. The van der Waals surface area contributed by atoms with E-state index in [9.17, 15) is 9.59 Å². The number of aldehydes is 1. The summed E-state index contributed by atoms with van der Waals surface area (Å²) in [4.78, 5) is 20.9. The van der Waals surface area contributed by atoms with E-state index in [1.165, 1.54) is 0 Å². The topological polar surface area (TPSA) is 69.4 Å². The largest absolute Gasteiger partial charge is 0.366 e. The first-order valence-corrected chi connectivity index (χ1v) is 3.38. The van der Waals surface area contributed by atoms with Crippen molar-refractivity contribution in [2.24, 2.45) is 5.73 Å². The smallest absolute Gasteiger partial charge is 0.226 e. The first-order chi connectivity index (χ1) is 5.04. The Morgan fingerprint density at radius 2 is 2.18 bits per heavy atom. The molecular formula is C7H13NO3. The molecule has 0 aliphatic carbocycles. The first kappa shape index (κ1) is 10.3. The van der Waals surface area contributed by atoms with Gasteiger partial charge in [-0.05, 0) is 13.8 Å². The highest BCUT2D eigenvalue weighted by Gasteiger charge is 2.27. The summed E-state index contributed by atoms with van der Waals surface area (Å²) in [6.07, 6.45) is 0.260. The van der Waals surface area contributed by atoms with E-state index < -0.39 is 11.4 Å². The van der Waals surface area contributed by atoms with E-state index in [1.54, 1.807) is 13.8 Å². The number of Topliss-reactive ketones (excluding diaryl/α,β-unsaturated/α-hetero) is 1. The summed E-state index contributed by atoms with van der Waals surface area (Å²) in [5.41, 5.74) is 4.13. The molecule has 0 aromatic carbocycles. The molecule has 0 aromatic rings. The van der Waals surface area contributed by atoms with E-state index in [2.05, 4.69) is 0 Å². The number of carbonyl (C=O) groups is 2. The Kier molecular flexibility index (Phi) is 3.92. The molecule has 0 atom stereocenters. The van der Waals surface area contributed by atoms with Crippen molar-refractivity contribution >= 4 is 12.1 Å². The zero-order valence-electron chi connectivity index (χ0n) is 6.79. The van der Waals surface area contributed by atoms with Crippen LogP contribution in [0.2, 0.25) is 0 Å². The van der Waals surface area contributed by atoms with E-state index >= 15 is 0 Å². The fraction of sp³-hybridized carbons (Fsp3) is 0.714. The summed E-state index contributed by atoms with van der Waals surface area (Å²) in [5.74, 6) is -0.564. The Balaban J connectivity index is 3.98. The normalized spacial score (nSPS) is 11.2. The van der Waals surface area contributed by atoms with Gasteiger partial charge < -0.3 is 10.5 Å². The van der Waals surface area contributed by atoms with Gasteiger partial charge in [-0.15, -0.1) is 0 Å². The van der Waals surface area contributed by atoms with Crippen LogP contribution < -0.4 is 5.73 Å². The molecule has 0 heterocycles. The SMILES string of the molecule is CC(C)(OCCN)C(=O)C=O. The Bertz CT molecular complexity index is 154. The molecule has 4 nitrogen and oxygen atoms in total. The monoisotopic (exact) mass is 159 g/mol. The third kappa shape index (κ3) is 3.25. The number of ether oxygens (including phenoxy) is 1. The van der Waals surface area contributed by atoms with Crippen molar-refractivity contribution < 1.29 is 14.3 Å². The van der Waals surface area contributed by atoms with Gasteiger partial charge in [-0.2, -0.15) is 0 Å². The van der Waals surface area contributed by atoms with E-state index in [-0.39, 0.29) is 12.9 Å². The lowest BCUT2D eigenvalue weighted by Crippen LogP contribution is -2.37. The first-order valence-electron chi connectivity index (χ1n) is 3.38. The average Bonchev–Trinajstić information content (AvgIpc) is 1.99. The van der Waals surface area contributed by atoms with Crippen LogP contribution in [0.1, 0.15) is 13.8 Å². The fourth-order valence-electron chi connectivity index (χ4n) is 0.527. The second-order valence-electron chi connectivity index (χ2n) is 2.63. The maximum Gasteiger partial charge on any atom is 0.226 e. The summed E-state index contributed by atoms with van der Waals surface area (Å²) < 4.78 is 5.03. The third-order valence-corrected chi connectivity index (χ3v) is 1.28. The molecule has 0 aromatic heterocycles. The highest BCUT2D eigenvalue weighted by molar-refractivity contribution is 6.28. The zero-order chi connectivity index (χ0) is 8.91. The molecule has 0 unspecified atom stereocenters. The standard InChI is InChI=1S/C7H13NO3/c1-7(2,6(10)5-9)11-4-3-8/h5H,3-4,8H2,1-2H3. The second-order valence-corrected chi connectivity index (χ2v) is 2.63. The Labute approximate surface area is 65.7 Å². The van der Waals surface area contributed by atoms with Crippen LogP contribution in [0.15, 0.2) is 0 Å². The summed E-state index contributed by atoms with van der Waals surface area (Å²) in [7, 11) is 0. The average molecular weight is 159 g/mol. The van der Waals surface area contributed by atoms with Crippen molar-refractivity contribution in [3.05, 3.63) is 0 Å². The highest BCUT2D eigenvalue weighted by atomic mass is 16.5. The molecule has 11 heavy (non-hydrogen) atoms. The van der Waals surface area contributed by atoms with Crippen LogP contribution in [-0.2, 0) is 14.3 Å². The van der Waals surface area contributed by atoms with Crippen LogP contribution in [0.4, 0.5) is 0 Å². The van der Waals surface area contributed by atoms with Crippen molar-refractivity contribution in [1.29, 1.82) is 0 Å². The molecule has 0 fully saturated rings. The van der Waals surface area contributed by atoms with Gasteiger partial charge in [0.2, 0.25) is 5.78 Å². The van der Waals surface area contributed by atoms with Crippen molar-refractivity contribution in [2.75, 3.05) is 13.2 Å². The molecule has 0 bridgehead atoms. The van der Waals surface area contributed by atoms with Crippen LogP contribution in [0.5, 0.6) is 0 Å². The van der Waals surface area contributed by atoms with E-state index in [4.69, 9.17) is 10.5 Å². The van der Waals surface area contributed by atoms with Crippen molar-refractivity contribution in [2.45, 2.75) is 19.4 Å². The van der Waals surface area contributed by atoms with Gasteiger partial charge in [-0.25, -0.2) is 0 Å². The number of ketones is 1. The van der Waals surface area contributed by atoms with Crippen LogP contribution >= 0.6 is 0 Å². The Morgan fingerprint density at radius 1 is 1.64 bits per heavy atom. The number of hydrogen-bond donors (Lipinski definition) is 1. The molecule has 0 amide bonds. The molecule has 0 aliphatic heterocycles. The van der Waals surface area contributed by atoms with E-state index in [0.717, 1.165) is 0 Å². The lowest BCUT2D eigenvalue weighted by Gasteiger charge is -2.20. The molecule has 0 spiro atoms. The summed E-state index contributed by atoms with van der Waals surface area (Å²) in [6.45, 7) is 3.71. The van der Waals surface area contributed by atoms with Crippen molar-refractivity contribution in [3.63, 3.8) is 0 Å². The van der Waals surface area contributed by atoms with Gasteiger partial charge in [0.1, 0.15) is 5.60 Å². The Morgan fingerprint density at radius 3 is 2.55 bits per heavy atom. The number of carbonyl (C=O) groups excluding carboxylic acids is 2. The summed E-state index contributed by atoms with van der Waals surface area (Å²) >= 11 is 0. The minimum absolute atomic E-state index is 0.260. The van der Waals surface area contributed by atoms with Gasteiger partial charge in [0, 0.05) is 6.54 Å². The zero-order valence-corrected chi connectivity index (χ0v) is 6.79. The van der Waals surface area contributed by atoms with Gasteiger partial charge in [0.05, 0.1) is 6.61 Å². The van der Waals surface area contributed by atoms with Gasteiger partial charge in [-0.1, -0.05) is 0 Å². The molecule has 0 rings (SSSR count). The number of nitrogens with two attached hydrogens (primary N) is 1. The molecule has 2 N–H and O–H groups in total. The highest BCUT2D eigenvalue weighted by Crippen LogP contribution is 2.08. The van der Waals surface area contributed by atoms with Crippen molar-refractivity contribution in [3.8, 4) is 0 Å².